The molecule has 1 N–H and O–H groups in total. The molecular formula is C16H19N5O4S. The number of benzene rings is 1. The molecule has 0 aliphatic carbocycles. The van der Waals surface area contributed by atoms with Crippen molar-refractivity contribution in [2.24, 2.45) is 0 Å². The van der Waals surface area contributed by atoms with E-state index in [2.05, 4.69) is 20.5 Å². The standard InChI is InChI=1S/C16H19N5O4S/c1-21(12-4-7-26(22,23)10-12)15-9-17-20-16(19-15)18-11-2-3-13-14(8-11)25-6-5-24-13/h2-3,8-9,12H,4-7,10H2,1H3,(H,18,19,20). The maximum Gasteiger partial charge on any atom is 0.249 e. The smallest absolute Gasteiger partial charge is 0.249 e. The summed E-state index contributed by atoms with van der Waals surface area (Å²) in [6, 6.07) is 5.39. The van der Waals surface area contributed by atoms with E-state index in [0.717, 1.165) is 5.69 Å². The number of nitrogens with one attached hydrogen (secondary N) is 1. The molecule has 0 saturated carbocycles. The molecule has 1 aromatic carbocycles. The minimum absolute atomic E-state index is 0.0983. The highest BCUT2D eigenvalue weighted by Crippen LogP contribution is 2.33. The Kier molecular flexibility index (Phi) is 4.27. The van der Waals surface area contributed by atoms with Crippen molar-refractivity contribution < 1.29 is 17.9 Å². The molecule has 4 rings (SSSR count). The Balaban J connectivity index is 1.51. The Morgan fingerprint density at radius 1 is 1.23 bits per heavy atom. The molecule has 0 radical (unpaired) electrons. The van der Waals surface area contributed by atoms with E-state index in [-0.39, 0.29) is 17.5 Å². The molecule has 1 fully saturated rings. The highest BCUT2D eigenvalue weighted by molar-refractivity contribution is 7.91. The van der Waals surface area contributed by atoms with Gasteiger partial charge in [0.05, 0.1) is 17.7 Å². The summed E-state index contributed by atoms with van der Waals surface area (Å²) in [6.07, 6.45) is 2.12. The zero-order chi connectivity index (χ0) is 18.1. The fourth-order valence-corrected chi connectivity index (χ4v) is 4.81. The average molecular weight is 377 g/mol. The Morgan fingerprint density at radius 3 is 2.81 bits per heavy atom. The van der Waals surface area contributed by atoms with Crippen LogP contribution in [-0.2, 0) is 9.84 Å². The Bertz CT molecular complexity index is 921. The zero-order valence-electron chi connectivity index (χ0n) is 14.3. The average Bonchev–Trinajstić information content (AvgIpc) is 3.01. The fourth-order valence-electron chi connectivity index (χ4n) is 3.04. The van der Waals surface area contributed by atoms with Crippen molar-refractivity contribution in [3.63, 3.8) is 0 Å². The van der Waals surface area contributed by atoms with Gasteiger partial charge in [-0.25, -0.2) is 8.42 Å². The fraction of sp³-hybridized carbons (Fsp3) is 0.438. The van der Waals surface area contributed by atoms with Crippen molar-refractivity contribution in [1.82, 2.24) is 15.2 Å². The second kappa shape index (κ2) is 6.60. The highest BCUT2D eigenvalue weighted by atomic mass is 32.2. The SMILES string of the molecule is CN(c1cnnc(Nc2ccc3c(c2)OCCO3)n1)C1CCS(=O)(=O)C1. The minimum atomic E-state index is -2.96. The number of fused-ring (bicyclic) bond motifs is 1. The molecule has 10 heteroatoms. The summed E-state index contributed by atoms with van der Waals surface area (Å²) in [6.45, 7) is 1.05. The van der Waals surface area contributed by atoms with Gasteiger partial charge in [-0.05, 0) is 18.6 Å². The van der Waals surface area contributed by atoms with Gasteiger partial charge in [0.15, 0.2) is 27.2 Å². The number of aromatic nitrogens is 3. The van der Waals surface area contributed by atoms with Crippen LogP contribution in [0.3, 0.4) is 0 Å². The molecule has 2 aromatic rings. The van der Waals surface area contributed by atoms with Crippen molar-refractivity contribution in [3.8, 4) is 11.5 Å². The lowest BCUT2D eigenvalue weighted by Crippen LogP contribution is -2.33. The van der Waals surface area contributed by atoms with Gasteiger partial charge in [-0.15, -0.1) is 5.10 Å². The van der Waals surface area contributed by atoms with Crippen LogP contribution in [0.5, 0.6) is 11.5 Å². The first-order valence-electron chi connectivity index (χ1n) is 8.30. The first-order valence-corrected chi connectivity index (χ1v) is 10.1. The third-order valence-electron chi connectivity index (χ3n) is 4.46. The van der Waals surface area contributed by atoms with Crippen LogP contribution in [0, 0.1) is 0 Å². The second-order valence-electron chi connectivity index (χ2n) is 6.29. The third kappa shape index (κ3) is 3.50. The van der Waals surface area contributed by atoms with Crippen LogP contribution in [0.4, 0.5) is 17.5 Å². The molecule has 2 aliphatic heterocycles. The largest absolute Gasteiger partial charge is 0.486 e. The summed E-state index contributed by atoms with van der Waals surface area (Å²) in [5, 5.41) is 11.1. The number of hydrogen-bond acceptors (Lipinski definition) is 9. The predicted octanol–water partition coefficient (Wildman–Crippen LogP) is 1.01. The minimum Gasteiger partial charge on any atom is -0.486 e. The summed E-state index contributed by atoms with van der Waals surface area (Å²) in [4.78, 5) is 6.29. The Labute approximate surface area is 151 Å². The van der Waals surface area contributed by atoms with Gasteiger partial charge in [0.25, 0.3) is 0 Å². The number of hydrogen-bond donors (Lipinski definition) is 1. The van der Waals surface area contributed by atoms with E-state index in [1.54, 1.807) is 0 Å². The molecule has 0 bridgehead atoms. The molecule has 1 atom stereocenters. The maximum absolute atomic E-state index is 11.7. The van der Waals surface area contributed by atoms with Crippen LogP contribution >= 0.6 is 0 Å². The number of rotatable bonds is 4. The van der Waals surface area contributed by atoms with E-state index in [0.29, 0.717) is 42.9 Å². The van der Waals surface area contributed by atoms with Gasteiger partial charge in [0.1, 0.15) is 13.2 Å². The molecule has 9 nitrogen and oxygen atoms in total. The van der Waals surface area contributed by atoms with Gasteiger partial charge in [-0.1, -0.05) is 0 Å². The topological polar surface area (TPSA) is 107 Å². The normalized spacial score (nSPS) is 20.6. The van der Waals surface area contributed by atoms with Crippen molar-refractivity contribution in [3.05, 3.63) is 24.4 Å². The predicted molar refractivity (Wildman–Crippen MR) is 96.0 cm³/mol. The van der Waals surface area contributed by atoms with Gasteiger partial charge < -0.3 is 19.7 Å². The summed E-state index contributed by atoms with van der Waals surface area (Å²) in [5.74, 6) is 2.62. The summed E-state index contributed by atoms with van der Waals surface area (Å²) < 4.78 is 34.5. The molecule has 26 heavy (non-hydrogen) atoms. The number of sulfone groups is 1. The van der Waals surface area contributed by atoms with Crippen molar-refractivity contribution in [1.29, 1.82) is 0 Å². The first kappa shape index (κ1) is 16.8. The molecule has 1 saturated heterocycles. The lowest BCUT2D eigenvalue weighted by atomic mass is 10.2. The van der Waals surface area contributed by atoms with Crippen molar-refractivity contribution >= 4 is 27.3 Å². The van der Waals surface area contributed by atoms with Crippen LogP contribution in [0.2, 0.25) is 0 Å². The molecular weight excluding hydrogens is 358 g/mol. The van der Waals surface area contributed by atoms with Gasteiger partial charge in [0, 0.05) is 24.8 Å². The molecule has 138 valence electrons. The molecule has 0 spiro atoms. The monoisotopic (exact) mass is 377 g/mol. The quantitative estimate of drug-likeness (QED) is 0.835. The van der Waals surface area contributed by atoms with E-state index in [4.69, 9.17) is 9.47 Å². The lowest BCUT2D eigenvalue weighted by molar-refractivity contribution is 0.171. The zero-order valence-corrected chi connectivity index (χ0v) is 15.1. The molecule has 0 amide bonds. The highest BCUT2D eigenvalue weighted by Gasteiger charge is 2.31. The van der Waals surface area contributed by atoms with E-state index in [1.807, 2.05) is 30.1 Å². The second-order valence-corrected chi connectivity index (χ2v) is 8.52. The molecule has 1 aromatic heterocycles. The summed E-state index contributed by atoms with van der Waals surface area (Å²) >= 11 is 0. The van der Waals surface area contributed by atoms with Crippen molar-refractivity contribution in [2.45, 2.75) is 12.5 Å². The first-order chi connectivity index (χ1) is 12.5. The molecule has 2 aliphatic rings. The Hall–Kier alpha value is -2.62. The molecule has 3 heterocycles. The lowest BCUT2D eigenvalue weighted by Gasteiger charge is -2.24. The summed E-state index contributed by atoms with van der Waals surface area (Å²) in [5.41, 5.74) is 0.749. The van der Waals surface area contributed by atoms with Crippen LogP contribution in [0.25, 0.3) is 0 Å². The van der Waals surface area contributed by atoms with E-state index >= 15 is 0 Å². The Morgan fingerprint density at radius 2 is 2.04 bits per heavy atom. The third-order valence-corrected chi connectivity index (χ3v) is 6.21. The van der Waals surface area contributed by atoms with E-state index in [9.17, 15) is 8.42 Å². The van der Waals surface area contributed by atoms with Crippen LogP contribution in [0.15, 0.2) is 24.4 Å². The number of ether oxygens (including phenoxy) is 2. The van der Waals surface area contributed by atoms with Crippen LogP contribution in [0.1, 0.15) is 6.42 Å². The summed E-state index contributed by atoms with van der Waals surface area (Å²) in [7, 11) is -1.14. The van der Waals surface area contributed by atoms with Crippen LogP contribution in [-0.4, -0.2) is 61.4 Å². The van der Waals surface area contributed by atoms with Crippen molar-refractivity contribution in [2.75, 3.05) is 42.0 Å². The van der Waals surface area contributed by atoms with Gasteiger partial charge in [-0.3, -0.25) is 0 Å². The van der Waals surface area contributed by atoms with Gasteiger partial charge in [0.2, 0.25) is 5.95 Å². The molecule has 1 unspecified atom stereocenters. The van der Waals surface area contributed by atoms with Gasteiger partial charge in [-0.2, -0.15) is 10.1 Å². The number of nitrogens with zero attached hydrogens (tertiary/aromatic N) is 4. The van der Waals surface area contributed by atoms with E-state index in [1.165, 1.54) is 6.20 Å². The number of anilines is 3. The van der Waals surface area contributed by atoms with Crippen LogP contribution < -0.4 is 19.7 Å². The van der Waals surface area contributed by atoms with Gasteiger partial charge >= 0.3 is 0 Å². The van der Waals surface area contributed by atoms with E-state index < -0.39 is 9.84 Å². The maximum atomic E-state index is 11.7.